The molecule has 0 aliphatic carbocycles. The van der Waals surface area contributed by atoms with E-state index in [2.05, 4.69) is 20.9 Å². The number of alkyl halides is 3. The summed E-state index contributed by atoms with van der Waals surface area (Å²) >= 11 is 8.66. The van der Waals surface area contributed by atoms with E-state index in [1.807, 2.05) is 0 Å². The molecule has 2 aromatic rings. The first kappa shape index (κ1) is 10.8. The molecule has 15 heavy (non-hydrogen) atoms. The van der Waals surface area contributed by atoms with Gasteiger partial charge < -0.3 is 4.98 Å². The summed E-state index contributed by atoms with van der Waals surface area (Å²) in [4.78, 5) is 2.67. The molecule has 0 aliphatic rings. The van der Waals surface area contributed by atoms with Gasteiger partial charge >= 0.3 is 6.18 Å². The van der Waals surface area contributed by atoms with E-state index in [4.69, 9.17) is 11.6 Å². The van der Waals surface area contributed by atoms with E-state index in [9.17, 15) is 13.2 Å². The maximum atomic E-state index is 12.5. The quantitative estimate of drug-likeness (QED) is 0.731. The Balaban J connectivity index is 2.74. The number of aromatic nitrogens is 1. The van der Waals surface area contributed by atoms with Crippen LogP contribution in [0.2, 0.25) is 5.02 Å². The Kier molecular flexibility index (Phi) is 2.47. The number of hydrogen-bond acceptors (Lipinski definition) is 0. The molecule has 0 amide bonds. The van der Waals surface area contributed by atoms with Gasteiger partial charge in [-0.25, -0.2) is 0 Å². The van der Waals surface area contributed by atoms with Gasteiger partial charge in [0, 0.05) is 21.6 Å². The van der Waals surface area contributed by atoms with Gasteiger partial charge in [0.2, 0.25) is 0 Å². The third-order valence-corrected chi connectivity index (χ3v) is 2.99. The first-order chi connectivity index (χ1) is 6.89. The molecule has 0 saturated heterocycles. The zero-order valence-electron chi connectivity index (χ0n) is 7.12. The standard InChI is InChI=1S/C9H4BrClF3N/c10-6-1-4-7(11)3-15-8(4)2-5(6)9(12,13)14/h1-3,15H. The zero-order valence-corrected chi connectivity index (χ0v) is 9.46. The first-order valence-corrected chi connectivity index (χ1v) is 5.10. The van der Waals surface area contributed by atoms with Gasteiger partial charge in [-0.05, 0) is 12.1 Å². The van der Waals surface area contributed by atoms with Crippen molar-refractivity contribution in [1.82, 2.24) is 4.98 Å². The molecule has 0 atom stereocenters. The molecule has 2 rings (SSSR count). The largest absolute Gasteiger partial charge is 0.417 e. The molecule has 80 valence electrons. The van der Waals surface area contributed by atoms with Gasteiger partial charge in [-0.15, -0.1) is 0 Å². The summed E-state index contributed by atoms with van der Waals surface area (Å²) in [6.45, 7) is 0. The van der Waals surface area contributed by atoms with E-state index in [1.54, 1.807) is 0 Å². The fraction of sp³-hybridized carbons (Fsp3) is 0.111. The number of fused-ring (bicyclic) bond motifs is 1. The number of nitrogens with one attached hydrogen (secondary N) is 1. The van der Waals surface area contributed by atoms with E-state index in [1.165, 1.54) is 12.3 Å². The lowest BCUT2D eigenvalue weighted by atomic mass is 10.1. The van der Waals surface area contributed by atoms with E-state index in [0.29, 0.717) is 15.9 Å². The molecular weight excluding hydrogens is 294 g/mol. The maximum Gasteiger partial charge on any atom is 0.417 e. The maximum absolute atomic E-state index is 12.5. The van der Waals surface area contributed by atoms with Gasteiger partial charge in [0.1, 0.15) is 0 Å². The molecule has 0 bridgehead atoms. The Labute approximate surface area is 96.4 Å². The van der Waals surface area contributed by atoms with Crippen molar-refractivity contribution in [3.8, 4) is 0 Å². The van der Waals surface area contributed by atoms with Crippen LogP contribution in [0.1, 0.15) is 5.56 Å². The van der Waals surface area contributed by atoms with E-state index >= 15 is 0 Å². The molecule has 1 aromatic carbocycles. The predicted molar refractivity (Wildman–Crippen MR) is 56.0 cm³/mol. The van der Waals surface area contributed by atoms with Crippen molar-refractivity contribution < 1.29 is 13.2 Å². The van der Waals surface area contributed by atoms with Crippen molar-refractivity contribution in [2.24, 2.45) is 0 Å². The second-order valence-corrected chi connectivity index (χ2v) is 4.27. The Morgan fingerprint density at radius 1 is 1.27 bits per heavy atom. The second kappa shape index (κ2) is 3.42. The van der Waals surface area contributed by atoms with Gasteiger partial charge in [-0.1, -0.05) is 27.5 Å². The normalized spacial score (nSPS) is 12.3. The molecular formula is C9H4BrClF3N. The minimum absolute atomic E-state index is 0.0102. The molecule has 0 fully saturated rings. The van der Waals surface area contributed by atoms with E-state index in [-0.39, 0.29) is 4.47 Å². The average Bonchev–Trinajstić information content (AvgIpc) is 2.45. The highest BCUT2D eigenvalue weighted by atomic mass is 79.9. The van der Waals surface area contributed by atoms with Gasteiger partial charge in [0.15, 0.2) is 0 Å². The van der Waals surface area contributed by atoms with Crippen LogP contribution in [-0.2, 0) is 6.18 Å². The molecule has 6 heteroatoms. The summed E-state index contributed by atoms with van der Waals surface area (Å²) in [6.07, 6.45) is -2.91. The van der Waals surface area contributed by atoms with Crippen molar-refractivity contribution in [2.75, 3.05) is 0 Å². The summed E-state index contributed by atoms with van der Waals surface area (Å²) < 4.78 is 37.5. The van der Waals surface area contributed by atoms with Gasteiger partial charge in [0.25, 0.3) is 0 Å². The lowest BCUT2D eigenvalue weighted by Crippen LogP contribution is -2.05. The molecule has 0 spiro atoms. The van der Waals surface area contributed by atoms with Crippen molar-refractivity contribution in [3.63, 3.8) is 0 Å². The van der Waals surface area contributed by atoms with Gasteiger partial charge in [0.05, 0.1) is 10.6 Å². The van der Waals surface area contributed by atoms with Crippen LogP contribution in [0.4, 0.5) is 13.2 Å². The van der Waals surface area contributed by atoms with Crippen LogP contribution >= 0.6 is 27.5 Å². The summed E-state index contributed by atoms with van der Waals surface area (Å²) in [6, 6.07) is 2.39. The second-order valence-electron chi connectivity index (χ2n) is 3.01. The molecule has 0 aliphatic heterocycles. The zero-order chi connectivity index (χ0) is 11.2. The number of hydrogen-bond donors (Lipinski definition) is 1. The predicted octanol–water partition coefficient (Wildman–Crippen LogP) is 4.60. The molecule has 1 N–H and O–H groups in total. The molecule has 1 heterocycles. The van der Waals surface area contributed by atoms with Crippen LogP contribution in [0, 0.1) is 0 Å². The number of halogens is 5. The number of benzene rings is 1. The molecule has 0 unspecified atom stereocenters. The Morgan fingerprint density at radius 3 is 2.53 bits per heavy atom. The third kappa shape index (κ3) is 1.86. The monoisotopic (exact) mass is 297 g/mol. The average molecular weight is 298 g/mol. The smallest absolute Gasteiger partial charge is 0.360 e. The first-order valence-electron chi connectivity index (χ1n) is 3.93. The van der Waals surface area contributed by atoms with E-state index < -0.39 is 11.7 Å². The lowest BCUT2D eigenvalue weighted by molar-refractivity contribution is -0.138. The van der Waals surface area contributed by atoms with Crippen molar-refractivity contribution in [3.05, 3.63) is 33.4 Å². The lowest BCUT2D eigenvalue weighted by Gasteiger charge is -2.08. The van der Waals surface area contributed by atoms with Gasteiger partial charge in [-0.3, -0.25) is 0 Å². The topological polar surface area (TPSA) is 15.8 Å². The molecule has 0 saturated carbocycles. The third-order valence-electron chi connectivity index (χ3n) is 2.02. The molecule has 1 aromatic heterocycles. The van der Waals surface area contributed by atoms with Crippen molar-refractivity contribution in [2.45, 2.75) is 6.18 Å². The molecule has 1 nitrogen and oxygen atoms in total. The van der Waals surface area contributed by atoms with Crippen molar-refractivity contribution >= 4 is 38.4 Å². The summed E-state index contributed by atoms with van der Waals surface area (Å²) in [5, 5.41) is 0.968. The summed E-state index contributed by atoms with van der Waals surface area (Å²) in [5.74, 6) is 0. The minimum Gasteiger partial charge on any atom is -0.360 e. The Hall–Kier alpha value is -0.680. The van der Waals surface area contributed by atoms with Crippen LogP contribution in [0.15, 0.2) is 22.8 Å². The van der Waals surface area contributed by atoms with Crippen LogP contribution in [-0.4, -0.2) is 4.98 Å². The van der Waals surface area contributed by atoms with Crippen LogP contribution in [0.3, 0.4) is 0 Å². The molecule has 0 radical (unpaired) electrons. The van der Waals surface area contributed by atoms with E-state index in [0.717, 1.165) is 6.07 Å². The van der Waals surface area contributed by atoms with Crippen LogP contribution in [0.25, 0.3) is 10.9 Å². The number of rotatable bonds is 0. The minimum atomic E-state index is -4.37. The summed E-state index contributed by atoms with van der Waals surface area (Å²) in [5.41, 5.74) is -0.343. The Morgan fingerprint density at radius 2 is 1.93 bits per heavy atom. The van der Waals surface area contributed by atoms with Gasteiger partial charge in [-0.2, -0.15) is 13.2 Å². The Bertz CT molecular complexity index is 518. The van der Waals surface area contributed by atoms with Crippen molar-refractivity contribution in [1.29, 1.82) is 0 Å². The highest BCUT2D eigenvalue weighted by Crippen LogP contribution is 2.38. The van der Waals surface area contributed by atoms with Crippen LogP contribution < -0.4 is 0 Å². The number of aromatic amines is 1. The summed E-state index contributed by atoms with van der Waals surface area (Å²) in [7, 11) is 0. The number of H-pyrrole nitrogens is 1. The highest BCUT2D eigenvalue weighted by molar-refractivity contribution is 9.10. The fourth-order valence-corrected chi connectivity index (χ4v) is 2.11. The fourth-order valence-electron chi connectivity index (χ4n) is 1.33. The SMILES string of the molecule is FC(F)(F)c1cc2[nH]cc(Cl)c2cc1Br. The highest BCUT2D eigenvalue weighted by Gasteiger charge is 2.33. The van der Waals surface area contributed by atoms with Crippen LogP contribution in [0.5, 0.6) is 0 Å².